The van der Waals surface area contributed by atoms with Crippen molar-refractivity contribution in [1.29, 1.82) is 0 Å². The Balaban J connectivity index is 1.69. The summed E-state index contributed by atoms with van der Waals surface area (Å²) in [5.41, 5.74) is 1.07. The highest BCUT2D eigenvalue weighted by Gasteiger charge is 2.26. The number of carbonyl (C=O) groups excluding carboxylic acids is 1. The first kappa shape index (κ1) is 20.6. The van der Waals surface area contributed by atoms with Gasteiger partial charge in [-0.15, -0.1) is 0 Å². The summed E-state index contributed by atoms with van der Waals surface area (Å²) < 4.78 is 18.9. The van der Waals surface area contributed by atoms with Crippen molar-refractivity contribution in [3.8, 4) is 11.5 Å². The van der Waals surface area contributed by atoms with Gasteiger partial charge in [0.15, 0.2) is 10.8 Å². The molecule has 2 aromatic heterocycles. The minimum absolute atomic E-state index is 0.180. The number of methoxy groups -OCH3 is 2. The quantitative estimate of drug-likeness (QED) is 0.566. The summed E-state index contributed by atoms with van der Waals surface area (Å²) in [6.45, 7) is 4.36. The van der Waals surface area contributed by atoms with Crippen LogP contribution >= 0.6 is 11.3 Å². The van der Waals surface area contributed by atoms with Gasteiger partial charge < -0.3 is 14.2 Å². The molecule has 1 amide bonds. The maximum Gasteiger partial charge on any atom is 0.280 e. The van der Waals surface area contributed by atoms with Crippen molar-refractivity contribution >= 4 is 32.6 Å². The van der Waals surface area contributed by atoms with Crippen LogP contribution in [0, 0.1) is 0 Å². The van der Waals surface area contributed by atoms with Crippen molar-refractivity contribution in [3.63, 3.8) is 0 Å². The van der Waals surface area contributed by atoms with Crippen molar-refractivity contribution in [2.24, 2.45) is 7.05 Å². The van der Waals surface area contributed by atoms with E-state index in [2.05, 4.69) is 10.00 Å². The van der Waals surface area contributed by atoms with Crippen molar-refractivity contribution in [3.05, 3.63) is 30.1 Å². The molecular formula is C20H25N5O4S. The Morgan fingerprint density at radius 1 is 1.20 bits per heavy atom. The van der Waals surface area contributed by atoms with E-state index < -0.39 is 0 Å². The highest BCUT2D eigenvalue weighted by Crippen LogP contribution is 2.40. The molecule has 1 saturated heterocycles. The van der Waals surface area contributed by atoms with Crippen molar-refractivity contribution < 1.29 is 19.0 Å². The summed E-state index contributed by atoms with van der Waals surface area (Å²) in [5.74, 6) is 1.17. The van der Waals surface area contributed by atoms with Crippen LogP contribution in [0.25, 0.3) is 10.2 Å². The van der Waals surface area contributed by atoms with Crippen LogP contribution in [0.15, 0.2) is 24.4 Å². The molecule has 0 saturated carbocycles. The van der Waals surface area contributed by atoms with Crippen LogP contribution in [0.1, 0.15) is 10.5 Å². The largest absolute Gasteiger partial charge is 0.495 e. The molecule has 30 heavy (non-hydrogen) atoms. The topological polar surface area (TPSA) is 82.0 Å². The number of benzene rings is 1. The zero-order chi connectivity index (χ0) is 21.1. The average Bonchev–Trinajstić information content (AvgIpc) is 3.40. The minimum atomic E-state index is -0.180. The normalized spacial score (nSPS) is 14.8. The van der Waals surface area contributed by atoms with Crippen LogP contribution in [-0.4, -0.2) is 79.2 Å². The highest BCUT2D eigenvalue weighted by atomic mass is 32.1. The summed E-state index contributed by atoms with van der Waals surface area (Å²) >= 11 is 1.41. The number of rotatable bonds is 7. The van der Waals surface area contributed by atoms with Gasteiger partial charge in [0.1, 0.15) is 21.7 Å². The molecule has 0 bridgehead atoms. The van der Waals surface area contributed by atoms with E-state index in [4.69, 9.17) is 19.2 Å². The van der Waals surface area contributed by atoms with Gasteiger partial charge in [0.2, 0.25) is 0 Å². The molecule has 3 aromatic rings. The van der Waals surface area contributed by atoms with Gasteiger partial charge in [-0.1, -0.05) is 11.3 Å². The standard InChI is InChI=1S/C20H25N5O4S/c1-23-7-6-14(22-23)19(26)25(9-8-24-10-12-29-13-11-24)20-21-17-15(27-2)4-5-16(28-3)18(17)30-20/h4-7H,8-13H2,1-3H3. The molecular weight excluding hydrogens is 406 g/mol. The molecule has 1 fully saturated rings. The van der Waals surface area contributed by atoms with Crippen LogP contribution in [0.2, 0.25) is 0 Å². The summed E-state index contributed by atoms with van der Waals surface area (Å²) in [6.07, 6.45) is 1.76. The third kappa shape index (κ3) is 4.11. The highest BCUT2D eigenvalue weighted by molar-refractivity contribution is 7.22. The first-order valence-electron chi connectivity index (χ1n) is 9.74. The van der Waals surface area contributed by atoms with E-state index in [1.165, 1.54) is 11.3 Å². The maximum atomic E-state index is 13.3. The molecule has 160 valence electrons. The molecule has 3 heterocycles. The van der Waals surface area contributed by atoms with Gasteiger partial charge in [0, 0.05) is 39.4 Å². The number of thiazole rings is 1. The van der Waals surface area contributed by atoms with Gasteiger partial charge in [0.05, 0.1) is 27.4 Å². The molecule has 0 unspecified atom stereocenters. The summed E-state index contributed by atoms with van der Waals surface area (Å²) in [5, 5.41) is 4.89. The number of ether oxygens (including phenoxy) is 3. The molecule has 0 aliphatic carbocycles. The van der Waals surface area contributed by atoms with Crippen LogP contribution in [0.3, 0.4) is 0 Å². The van der Waals surface area contributed by atoms with Crippen LogP contribution in [-0.2, 0) is 11.8 Å². The lowest BCUT2D eigenvalue weighted by Crippen LogP contribution is -2.43. The van der Waals surface area contributed by atoms with Gasteiger partial charge in [-0.3, -0.25) is 19.3 Å². The number of hydrogen-bond donors (Lipinski definition) is 0. The summed E-state index contributed by atoms with van der Waals surface area (Å²) in [7, 11) is 5.02. The lowest BCUT2D eigenvalue weighted by Gasteiger charge is -2.29. The Bertz CT molecular complexity index is 987. The van der Waals surface area contributed by atoms with E-state index in [0.717, 1.165) is 24.3 Å². The van der Waals surface area contributed by atoms with Gasteiger partial charge >= 0.3 is 0 Å². The zero-order valence-electron chi connectivity index (χ0n) is 17.3. The molecule has 1 aromatic carbocycles. The van der Waals surface area contributed by atoms with E-state index in [0.29, 0.717) is 47.6 Å². The lowest BCUT2D eigenvalue weighted by atomic mass is 10.3. The predicted octanol–water partition coefficient (Wildman–Crippen LogP) is 2.03. The Morgan fingerprint density at radius 3 is 2.60 bits per heavy atom. The second-order valence-electron chi connectivity index (χ2n) is 6.93. The number of carbonyl (C=O) groups is 1. The number of morpholine rings is 1. The van der Waals surface area contributed by atoms with Gasteiger partial charge in [-0.2, -0.15) is 5.10 Å². The fourth-order valence-corrected chi connectivity index (χ4v) is 4.51. The Morgan fingerprint density at radius 2 is 1.93 bits per heavy atom. The zero-order valence-corrected chi connectivity index (χ0v) is 18.1. The molecule has 9 nitrogen and oxygen atoms in total. The second-order valence-corrected chi connectivity index (χ2v) is 7.91. The third-order valence-electron chi connectivity index (χ3n) is 5.05. The number of nitrogens with zero attached hydrogens (tertiary/aromatic N) is 5. The van der Waals surface area contributed by atoms with Crippen molar-refractivity contribution in [2.45, 2.75) is 0 Å². The number of aryl methyl sites for hydroxylation is 1. The van der Waals surface area contributed by atoms with Crippen molar-refractivity contribution in [1.82, 2.24) is 19.7 Å². The maximum absolute atomic E-state index is 13.3. The molecule has 0 N–H and O–H groups in total. The fraction of sp³-hybridized carbons (Fsp3) is 0.450. The SMILES string of the molecule is COc1ccc(OC)c2sc(N(CCN3CCOCC3)C(=O)c3ccn(C)n3)nc12. The van der Waals surface area contributed by atoms with Gasteiger partial charge in [-0.05, 0) is 18.2 Å². The molecule has 4 rings (SSSR count). The van der Waals surface area contributed by atoms with E-state index in [1.807, 2.05) is 12.1 Å². The van der Waals surface area contributed by atoms with E-state index in [1.54, 1.807) is 43.1 Å². The summed E-state index contributed by atoms with van der Waals surface area (Å²) in [4.78, 5) is 22.1. The Labute approximate surface area is 178 Å². The Hall–Kier alpha value is -2.69. The average molecular weight is 432 g/mol. The van der Waals surface area contributed by atoms with E-state index >= 15 is 0 Å². The number of fused-ring (bicyclic) bond motifs is 1. The number of aromatic nitrogens is 3. The molecule has 0 spiro atoms. The Kier molecular flexibility index (Phi) is 6.16. The summed E-state index contributed by atoms with van der Waals surface area (Å²) in [6, 6.07) is 5.39. The minimum Gasteiger partial charge on any atom is -0.495 e. The lowest BCUT2D eigenvalue weighted by molar-refractivity contribution is 0.0391. The first-order valence-corrected chi connectivity index (χ1v) is 10.6. The van der Waals surface area contributed by atoms with Gasteiger partial charge in [-0.25, -0.2) is 4.98 Å². The number of anilines is 1. The molecule has 10 heteroatoms. The molecule has 1 aliphatic heterocycles. The van der Waals surface area contributed by atoms with E-state index in [9.17, 15) is 4.79 Å². The molecule has 0 radical (unpaired) electrons. The third-order valence-corrected chi connectivity index (χ3v) is 6.14. The van der Waals surface area contributed by atoms with Gasteiger partial charge in [0.25, 0.3) is 5.91 Å². The predicted molar refractivity (Wildman–Crippen MR) is 115 cm³/mol. The fourth-order valence-electron chi connectivity index (χ4n) is 3.41. The smallest absolute Gasteiger partial charge is 0.280 e. The van der Waals surface area contributed by atoms with Crippen LogP contribution < -0.4 is 14.4 Å². The monoisotopic (exact) mass is 431 g/mol. The first-order chi connectivity index (χ1) is 14.6. The second kappa shape index (κ2) is 8.99. The van der Waals surface area contributed by atoms with Crippen LogP contribution in [0.5, 0.6) is 11.5 Å². The van der Waals surface area contributed by atoms with E-state index in [-0.39, 0.29) is 5.91 Å². The molecule has 1 aliphatic rings. The van der Waals surface area contributed by atoms with Crippen LogP contribution in [0.4, 0.5) is 5.13 Å². The number of hydrogen-bond acceptors (Lipinski definition) is 8. The number of amides is 1. The molecule has 0 atom stereocenters. The van der Waals surface area contributed by atoms with Crippen molar-refractivity contribution in [2.75, 3.05) is 58.5 Å².